The molecule has 0 radical (unpaired) electrons. The lowest BCUT2D eigenvalue weighted by atomic mass is 9.96. The quantitative estimate of drug-likeness (QED) is 0.737. The SMILES string of the molecule is COCC1Cc2ccc(O)cc2CN1. The summed E-state index contributed by atoms with van der Waals surface area (Å²) in [6.07, 6.45) is 0.976. The van der Waals surface area contributed by atoms with Gasteiger partial charge in [0, 0.05) is 19.7 Å². The van der Waals surface area contributed by atoms with E-state index < -0.39 is 0 Å². The van der Waals surface area contributed by atoms with Crippen molar-refractivity contribution < 1.29 is 9.84 Å². The summed E-state index contributed by atoms with van der Waals surface area (Å²) in [7, 11) is 1.72. The van der Waals surface area contributed by atoms with Crippen LogP contribution in [0.15, 0.2) is 18.2 Å². The molecule has 1 aromatic rings. The minimum Gasteiger partial charge on any atom is -0.508 e. The van der Waals surface area contributed by atoms with Gasteiger partial charge in [0.05, 0.1) is 6.61 Å². The Labute approximate surface area is 83.7 Å². The van der Waals surface area contributed by atoms with E-state index in [1.165, 1.54) is 11.1 Å². The second-order valence-corrected chi connectivity index (χ2v) is 3.69. The first-order chi connectivity index (χ1) is 6.79. The first-order valence-electron chi connectivity index (χ1n) is 4.82. The highest BCUT2D eigenvalue weighted by Gasteiger charge is 2.17. The Morgan fingerprint density at radius 1 is 1.50 bits per heavy atom. The average Bonchev–Trinajstić information content (AvgIpc) is 2.19. The summed E-state index contributed by atoms with van der Waals surface area (Å²) in [6, 6.07) is 5.96. The molecule has 0 spiro atoms. The van der Waals surface area contributed by atoms with Crippen molar-refractivity contribution in [2.75, 3.05) is 13.7 Å². The van der Waals surface area contributed by atoms with Gasteiger partial charge in [-0.1, -0.05) is 6.07 Å². The largest absolute Gasteiger partial charge is 0.508 e. The van der Waals surface area contributed by atoms with E-state index in [1.807, 2.05) is 12.1 Å². The average molecular weight is 193 g/mol. The lowest BCUT2D eigenvalue weighted by molar-refractivity contribution is 0.162. The molecule has 1 aliphatic heterocycles. The molecular weight excluding hydrogens is 178 g/mol. The molecule has 1 heterocycles. The van der Waals surface area contributed by atoms with Crippen LogP contribution in [-0.2, 0) is 17.7 Å². The summed E-state index contributed by atoms with van der Waals surface area (Å²) in [5, 5.41) is 12.7. The van der Waals surface area contributed by atoms with Gasteiger partial charge in [-0.3, -0.25) is 0 Å². The second kappa shape index (κ2) is 3.98. The highest BCUT2D eigenvalue weighted by Crippen LogP contribution is 2.21. The summed E-state index contributed by atoms with van der Waals surface area (Å²) < 4.78 is 5.11. The summed E-state index contributed by atoms with van der Waals surface area (Å²) >= 11 is 0. The van der Waals surface area contributed by atoms with Crippen molar-refractivity contribution in [1.29, 1.82) is 0 Å². The van der Waals surface area contributed by atoms with E-state index >= 15 is 0 Å². The third-order valence-corrected chi connectivity index (χ3v) is 2.61. The van der Waals surface area contributed by atoms with Crippen LogP contribution in [0.2, 0.25) is 0 Å². The summed E-state index contributed by atoms with van der Waals surface area (Å²) in [5.41, 5.74) is 2.50. The van der Waals surface area contributed by atoms with Gasteiger partial charge < -0.3 is 15.2 Å². The minimum atomic E-state index is 0.343. The molecule has 1 aromatic carbocycles. The number of hydrogen-bond donors (Lipinski definition) is 2. The lowest BCUT2D eigenvalue weighted by Crippen LogP contribution is -2.38. The third kappa shape index (κ3) is 1.89. The smallest absolute Gasteiger partial charge is 0.115 e. The summed E-state index contributed by atoms with van der Waals surface area (Å²) in [5.74, 6) is 0.343. The van der Waals surface area contributed by atoms with Crippen LogP contribution in [0.5, 0.6) is 5.75 Å². The number of rotatable bonds is 2. The number of methoxy groups -OCH3 is 1. The topological polar surface area (TPSA) is 41.5 Å². The van der Waals surface area contributed by atoms with Crippen LogP contribution >= 0.6 is 0 Å². The fraction of sp³-hybridized carbons (Fsp3) is 0.455. The van der Waals surface area contributed by atoms with E-state index in [9.17, 15) is 5.11 Å². The van der Waals surface area contributed by atoms with Crippen molar-refractivity contribution in [3.63, 3.8) is 0 Å². The van der Waals surface area contributed by atoms with Gasteiger partial charge in [-0.05, 0) is 29.7 Å². The molecule has 3 nitrogen and oxygen atoms in total. The van der Waals surface area contributed by atoms with E-state index in [1.54, 1.807) is 13.2 Å². The molecule has 0 bridgehead atoms. The zero-order valence-electron chi connectivity index (χ0n) is 8.29. The van der Waals surface area contributed by atoms with Gasteiger partial charge in [0.25, 0.3) is 0 Å². The number of fused-ring (bicyclic) bond motifs is 1. The van der Waals surface area contributed by atoms with Gasteiger partial charge in [0.15, 0.2) is 0 Å². The van der Waals surface area contributed by atoms with Crippen LogP contribution in [0.4, 0.5) is 0 Å². The standard InChI is InChI=1S/C11H15NO2/c1-14-7-10-4-8-2-3-11(13)5-9(8)6-12-10/h2-3,5,10,12-13H,4,6-7H2,1H3. The molecule has 1 atom stereocenters. The number of hydrogen-bond acceptors (Lipinski definition) is 3. The number of aromatic hydroxyl groups is 1. The molecule has 2 N–H and O–H groups in total. The Kier molecular flexibility index (Phi) is 2.70. The van der Waals surface area contributed by atoms with Crippen molar-refractivity contribution in [2.45, 2.75) is 19.0 Å². The third-order valence-electron chi connectivity index (χ3n) is 2.61. The Morgan fingerprint density at radius 2 is 2.36 bits per heavy atom. The van der Waals surface area contributed by atoms with Gasteiger partial charge in [-0.25, -0.2) is 0 Å². The van der Waals surface area contributed by atoms with E-state index in [0.29, 0.717) is 11.8 Å². The lowest BCUT2D eigenvalue weighted by Gasteiger charge is -2.25. The summed E-state index contributed by atoms with van der Waals surface area (Å²) in [4.78, 5) is 0. The first kappa shape index (κ1) is 9.49. The van der Waals surface area contributed by atoms with E-state index in [0.717, 1.165) is 19.6 Å². The normalized spacial score (nSPS) is 20.5. The Morgan fingerprint density at radius 3 is 3.14 bits per heavy atom. The Bertz CT molecular complexity index is 325. The van der Waals surface area contributed by atoms with Crippen molar-refractivity contribution in [1.82, 2.24) is 5.32 Å². The molecule has 0 aromatic heterocycles. The van der Waals surface area contributed by atoms with Crippen molar-refractivity contribution in [3.05, 3.63) is 29.3 Å². The van der Waals surface area contributed by atoms with Crippen LogP contribution in [0.25, 0.3) is 0 Å². The number of phenolic OH excluding ortho intramolecular Hbond substituents is 1. The number of phenols is 1. The minimum absolute atomic E-state index is 0.343. The van der Waals surface area contributed by atoms with Gasteiger partial charge in [0.2, 0.25) is 0 Å². The molecule has 2 rings (SSSR count). The molecule has 1 aliphatic rings. The van der Waals surface area contributed by atoms with Crippen LogP contribution in [0.1, 0.15) is 11.1 Å². The zero-order chi connectivity index (χ0) is 9.97. The maximum absolute atomic E-state index is 9.31. The highest BCUT2D eigenvalue weighted by molar-refractivity contribution is 5.36. The maximum Gasteiger partial charge on any atom is 0.115 e. The predicted molar refractivity (Wildman–Crippen MR) is 54.3 cm³/mol. The molecule has 76 valence electrons. The second-order valence-electron chi connectivity index (χ2n) is 3.69. The van der Waals surface area contributed by atoms with Gasteiger partial charge in [-0.15, -0.1) is 0 Å². The van der Waals surface area contributed by atoms with E-state index in [2.05, 4.69) is 5.32 Å². The Balaban J connectivity index is 2.15. The molecule has 3 heteroatoms. The number of benzene rings is 1. The molecular formula is C11H15NO2. The molecule has 0 saturated carbocycles. The first-order valence-corrected chi connectivity index (χ1v) is 4.82. The predicted octanol–water partition coefficient (Wildman–Crippen LogP) is 1.05. The molecule has 0 saturated heterocycles. The monoisotopic (exact) mass is 193 g/mol. The van der Waals surface area contributed by atoms with Crippen LogP contribution in [0.3, 0.4) is 0 Å². The van der Waals surface area contributed by atoms with E-state index in [4.69, 9.17) is 4.74 Å². The molecule has 14 heavy (non-hydrogen) atoms. The van der Waals surface area contributed by atoms with Crippen molar-refractivity contribution in [3.8, 4) is 5.75 Å². The Hall–Kier alpha value is -1.06. The number of nitrogens with one attached hydrogen (secondary N) is 1. The number of ether oxygens (including phenoxy) is 1. The molecule has 0 amide bonds. The van der Waals surface area contributed by atoms with Gasteiger partial charge in [-0.2, -0.15) is 0 Å². The van der Waals surface area contributed by atoms with Crippen LogP contribution < -0.4 is 5.32 Å². The van der Waals surface area contributed by atoms with Gasteiger partial charge in [0.1, 0.15) is 5.75 Å². The van der Waals surface area contributed by atoms with E-state index in [-0.39, 0.29) is 0 Å². The molecule has 1 unspecified atom stereocenters. The summed E-state index contributed by atoms with van der Waals surface area (Å²) in [6.45, 7) is 1.55. The molecule has 0 fully saturated rings. The zero-order valence-corrected chi connectivity index (χ0v) is 8.29. The molecule has 0 aliphatic carbocycles. The van der Waals surface area contributed by atoms with Gasteiger partial charge >= 0.3 is 0 Å². The fourth-order valence-electron chi connectivity index (χ4n) is 1.89. The van der Waals surface area contributed by atoms with Crippen molar-refractivity contribution in [2.24, 2.45) is 0 Å². The fourth-order valence-corrected chi connectivity index (χ4v) is 1.89. The van der Waals surface area contributed by atoms with Crippen LogP contribution in [-0.4, -0.2) is 24.9 Å². The van der Waals surface area contributed by atoms with Crippen molar-refractivity contribution >= 4 is 0 Å². The maximum atomic E-state index is 9.31. The highest BCUT2D eigenvalue weighted by atomic mass is 16.5. The van der Waals surface area contributed by atoms with Crippen LogP contribution in [0, 0.1) is 0 Å².